The average Bonchev–Trinajstić information content (AvgIpc) is 2.99. The smallest absolute Gasteiger partial charge is 0.295 e. The molecule has 3 rings (SSSR count). The minimum atomic E-state index is -0.620. The van der Waals surface area contributed by atoms with Gasteiger partial charge in [0.2, 0.25) is 0 Å². The molecule has 1 saturated heterocycles. The zero-order chi connectivity index (χ0) is 22.7. The highest BCUT2D eigenvalue weighted by Gasteiger charge is 2.46. The molecule has 1 heterocycles. The molecule has 1 amide bonds. The second kappa shape index (κ2) is 9.48. The van der Waals surface area contributed by atoms with Crippen LogP contribution in [0.5, 0.6) is 0 Å². The van der Waals surface area contributed by atoms with E-state index in [9.17, 15) is 14.7 Å². The highest BCUT2D eigenvalue weighted by atomic mass is 16.3. The van der Waals surface area contributed by atoms with Crippen molar-refractivity contribution in [1.82, 2.24) is 9.80 Å². The van der Waals surface area contributed by atoms with E-state index in [1.807, 2.05) is 63.2 Å². The van der Waals surface area contributed by atoms with E-state index in [2.05, 4.69) is 18.7 Å². The van der Waals surface area contributed by atoms with Gasteiger partial charge in [-0.3, -0.25) is 9.59 Å². The Balaban J connectivity index is 2.15. The number of nitrogens with zero attached hydrogens (tertiary/aromatic N) is 2. The van der Waals surface area contributed by atoms with Crippen molar-refractivity contribution in [1.29, 1.82) is 0 Å². The first-order valence-corrected chi connectivity index (χ1v) is 10.9. The van der Waals surface area contributed by atoms with E-state index >= 15 is 0 Å². The van der Waals surface area contributed by atoms with Gasteiger partial charge in [0, 0.05) is 18.7 Å². The minimum absolute atomic E-state index is 0.0902. The van der Waals surface area contributed by atoms with Crippen molar-refractivity contribution in [3.05, 3.63) is 75.9 Å². The lowest BCUT2D eigenvalue weighted by atomic mass is 9.91. The molecule has 5 nitrogen and oxygen atoms in total. The summed E-state index contributed by atoms with van der Waals surface area (Å²) in [5, 5.41) is 11.3. The first-order valence-electron chi connectivity index (χ1n) is 10.9. The quantitative estimate of drug-likeness (QED) is 0.410. The number of rotatable bonds is 7. The van der Waals surface area contributed by atoms with Crippen LogP contribution in [-0.4, -0.2) is 52.8 Å². The number of carbonyl (C=O) groups excluding carboxylic acids is 2. The summed E-state index contributed by atoms with van der Waals surface area (Å²) in [6.07, 6.45) is 0. The van der Waals surface area contributed by atoms with Gasteiger partial charge < -0.3 is 14.9 Å². The Kier molecular flexibility index (Phi) is 6.96. The highest BCUT2D eigenvalue weighted by molar-refractivity contribution is 6.46. The number of amides is 1. The fraction of sp³-hybridized carbons (Fsp3) is 0.385. The van der Waals surface area contributed by atoms with Gasteiger partial charge in [-0.25, -0.2) is 0 Å². The Labute approximate surface area is 185 Å². The first-order chi connectivity index (χ1) is 14.8. The normalized spacial score (nSPS) is 18.3. The molecule has 0 bridgehead atoms. The Bertz CT molecular complexity index is 984. The van der Waals surface area contributed by atoms with Crippen LogP contribution in [0.2, 0.25) is 0 Å². The molecule has 164 valence electrons. The molecular weight excluding hydrogens is 388 g/mol. The third-order valence-electron chi connectivity index (χ3n) is 6.12. The van der Waals surface area contributed by atoms with Crippen LogP contribution in [0, 0.1) is 20.8 Å². The van der Waals surface area contributed by atoms with Crippen LogP contribution in [0.15, 0.2) is 48.0 Å². The Morgan fingerprint density at radius 3 is 2.13 bits per heavy atom. The second-order valence-corrected chi connectivity index (χ2v) is 8.20. The maximum Gasteiger partial charge on any atom is 0.295 e. The second-order valence-electron chi connectivity index (χ2n) is 8.20. The van der Waals surface area contributed by atoms with E-state index in [0.717, 1.165) is 35.3 Å². The molecule has 1 aliphatic rings. The van der Waals surface area contributed by atoms with Crippen molar-refractivity contribution in [3.8, 4) is 0 Å². The summed E-state index contributed by atoms with van der Waals surface area (Å²) in [6.45, 7) is 12.8. The van der Waals surface area contributed by atoms with E-state index in [1.54, 1.807) is 4.90 Å². The van der Waals surface area contributed by atoms with Gasteiger partial charge in [-0.15, -0.1) is 0 Å². The van der Waals surface area contributed by atoms with Gasteiger partial charge in [0.25, 0.3) is 11.7 Å². The Morgan fingerprint density at radius 1 is 1.00 bits per heavy atom. The first kappa shape index (κ1) is 22.8. The molecule has 0 spiro atoms. The lowest BCUT2D eigenvalue weighted by molar-refractivity contribution is -0.140. The van der Waals surface area contributed by atoms with E-state index < -0.39 is 17.7 Å². The maximum atomic E-state index is 13.2. The van der Waals surface area contributed by atoms with Crippen LogP contribution in [0.4, 0.5) is 0 Å². The lowest BCUT2D eigenvalue weighted by Crippen LogP contribution is -2.38. The minimum Gasteiger partial charge on any atom is -0.507 e. The van der Waals surface area contributed by atoms with E-state index in [1.165, 1.54) is 0 Å². The summed E-state index contributed by atoms with van der Waals surface area (Å²) < 4.78 is 0. The van der Waals surface area contributed by atoms with Crippen LogP contribution < -0.4 is 0 Å². The number of ketones is 1. The van der Waals surface area contributed by atoms with E-state index in [-0.39, 0.29) is 11.3 Å². The summed E-state index contributed by atoms with van der Waals surface area (Å²) in [7, 11) is 0. The number of likely N-dealkylation sites (tertiary alicyclic amines) is 1. The van der Waals surface area contributed by atoms with Crippen molar-refractivity contribution in [2.45, 2.75) is 40.7 Å². The molecule has 1 N–H and O–H groups in total. The van der Waals surface area contributed by atoms with Crippen LogP contribution in [-0.2, 0) is 9.59 Å². The fourth-order valence-corrected chi connectivity index (χ4v) is 4.57. The molecular formula is C26H32N2O3. The number of Topliss-reactive ketones (excluding diaryl/α,β-unsaturated/α-hetero) is 1. The van der Waals surface area contributed by atoms with Gasteiger partial charge in [-0.05, 0) is 50.6 Å². The van der Waals surface area contributed by atoms with Crippen LogP contribution in [0.1, 0.15) is 47.7 Å². The predicted octanol–water partition coefficient (Wildman–Crippen LogP) is 4.38. The SMILES string of the molecule is CCN(CC)CCN1C(=O)C(=O)C(=C(O)c2c(C)cc(C)cc2C)[C@@H]1c1ccccc1. The molecule has 2 aromatic rings. The summed E-state index contributed by atoms with van der Waals surface area (Å²) >= 11 is 0. The molecule has 0 aromatic heterocycles. The number of aryl methyl sites for hydroxylation is 3. The number of benzene rings is 2. The predicted molar refractivity (Wildman–Crippen MR) is 124 cm³/mol. The van der Waals surface area contributed by atoms with E-state index in [4.69, 9.17) is 0 Å². The van der Waals surface area contributed by atoms with Gasteiger partial charge in [-0.1, -0.05) is 61.9 Å². The Morgan fingerprint density at radius 2 is 1.58 bits per heavy atom. The zero-order valence-electron chi connectivity index (χ0n) is 19.1. The number of hydrogen-bond donors (Lipinski definition) is 1. The molecule has 31 heavy (non-hydrogen) atoms. The van der Waals surface area contributed by atoms with Crippen molar-refractivity contribution in [2.75, 3.05) is 26.2 Å². The van der Waals surface area contributed by atoms with Gasteiger partial charge >= 0.3 is 0 Å². The molecule has 1 fully saturated rings. The number of aliphatic hydroxyl groups excluding tert-OH is 1. The van der Waals surface area contributed by atoms with Gasteiger partial charge in [0.15, 0.2) is 0 Å². The maximum absolute atomic E-state index is 13.2. The largest absolute Gasteiger partial charge is 0.507 e. The lowest BCUT2D eigenvalue weighted by Gasteiger charge is -2.28. The molecule has 0 aliphatic carbocycles. The summed E-state index contributed by atoms with van der Waals surface area (Å²) in [6, 6.07) is 12.9. The molecule has 2 aromatic carbocycles. The average molecular weight is 421 g/mol. The van der Waals surface area contributed by atoms with Crippen LogP contribution in [0.3, 0.4) is 0 Å². The molecule has 0 unspecified atom stereocenters. The third kappa shape index (κ3) is 4.42. The van der Waals surface area contributed by atoms with Crippen molar-refractivity contribution in [2.24, 2.45) is 0 Å². The van der Waals surface area contributed by atoms with Crippen molar-refractivity contribution >= 4 is 17.4 Å². The van der Waals surface area contributed by atoms with Gasteiger partial charge in [-0.2, -0.15) is 0 Å². The molecule has 0 radical (unpaired) electrons. The number of aliphatic hydroxyl groups is 1. The Hall–Kier alpha value is -2.92. The van der Waals surface area contributed by atoms with Crippen LogP contribution >= 0.6 is 0 Å². The summed E-state index contributed by atoms with van der Waals surface area (Å²) in [4.78, 5) is 30.1. The topological polar surface area (TPSA) is 60.9 Å². The van der Waals surface area contributed by atoms with Gasteiger partial charge in [0.05, 0.1) is 11.6 Å². The monoisotopic (exact) mass is 420 g/mol. The number of carbonyl (C=O) groups is 2. The van der Waals surface area contributed by atoms with Crippen molar-refractivity contribution < 1.29 is 14.7 Å². The number of likely N-dealkylation sites (N-methyl/N-ethyl adjacent to an activating group) is 1. The van der Waals surface area contributed by atoms with Crippen molar-refractivity contribution in [3.63, 3.8) is 0 Å². The summed E-state index contributed by atoms with van der Waals surface area (Å²) in [5.41, 5.74) is 4.49. The van der Waals surface area contributed by atoms with E-state index in [0.29, 0.717) is 18.7 Å². The molecule has 1 atom stereocenters. The zero-order valence-corrected chi connectivity index (χ0v) is 19.1. The van der Waals surface area contributed by atoms with Gasteiger partial charge in [0.1, 0.15) is 5.76 Å². The fourth-order valence-electron chi connectivity index (χ4n) is 4.57. The molecule has 5 heteroatoms. The standard InChI is InChI=1S/C26H32N2O3/c1-6-27(7-2)13-14-28-23(20-11-9-8-10-12-20)22(25(30)26(28)31)24(29)21-18(4)15-17(3)16-19(21)5/h8-12,15-16,23,29H,6-7,13-14H2,1-5H3/t23-/m0/s1. The molecule has 1 aliphatic heterocycles. The highest BCUT2D eigenvalue weighted by Crippen LogP contribution is 2.40. The third-order valence-corrected chi connectivity index (χ3v) is 6.12. The van der Waals surface area contributed by atoms with Crippen LogP contribution in [0.25, 0.3) is 5.76 Å². The molecule has 0 saturated carbocycles. The summed E-state index contributed by atoms with van der Waals surface area (Å²) in [5.74, 6) is -1.26. The number of hydrogen-bond acceptors (Lipinski definition) is 4.